The van der Waals surface area contributed by atoms with Gasteiger partial charge in [0.25, 0.3) is 5.82 Å². The molecule has 2 heterocycles. The van der Waals surface area contributed by atoms with Gasteiger partial charge in [-0.1, -0.05) is 50.4 Å². The van der Waals surface area contributed by atoms with E-state index in [4.69, 9.17) is 0 Å². The number of aromatic nitrogens is 4. The molecule has 0 aromatic carbocycles. The minimum atomic E-state index is -0.513. The number of nitro groups is 1. The Labute approximate surface area is 149 Å². The van der Waals surface area contributed by atoms with Gasteiger partial charge in [0.2, 0.25) is 16.0 Å². The molecule has 136 valence electrons. The van der Waals surface area contributed by atoms with Gasteiger partial charge in [0.15, 0.2) is 0 Å². The molecule has 25 heavy (non-hydrogen) atoms. The topological polar surface area (TPSA) is 116 Å². The van der Waals surface area contributed by atoms with Crippen LogP contribution in [0.4, 0.5) is 10.9 Å². The van der Waals surface area contributed by atoms with Gasteiger partial charge in [0, 0.05) is 6.42 Å². The predicted molar refractivity (Wildman–Crippen MR) is 95.4 cm³/mol. The zero-order valence-corrected chi connectivity index (χ0v) is 15.2. The zero-order valence-electron chi connectivity index (χ0n) is 14.4. The number of hydrogen-bond donors (Lipinski definition) is 1. The molecule has 9 nitrogen and oxygen atoms in total. The third kappa shape index (κ3) is 5.31. The van der Waals surface area contributed by atoms with E-state index in [1.807, 2.05) is 0 Å². The summed E-state index contributed by atoms with van der Waals surface area (Å²) in [6.07, 6.45) is 8.35. The molecule has 2 aromatic rings. The fourth-order valence-corrected chi connectivity index (χ4v) is 3.17. The summed E-state index contributed by atoms with van der Waals surface area (Å²) in [4.78, 5) is 26.3. The number of nitrogens with one attached hydrogen (secondary N) is 1. The highest BCUT2D eigenvalue weighted by atomic mass is 32.1. The Bertz CT molecular complexity index is 727. The van der Waals surface area contributed by atoms with Crippen LogP contribution in [0.1, 0.15) is 51.9 Å². The molecule has 0 atom stereocenters. The number of amides is 1. The van der Waals surface area contributed by atoms with Gasteiger partial charge < -0.3 is 15.4 Å². The van der Waals surface area contributed by atoms with E-state index in [-0.39, 0.29) is 11.7 Å². The second kappa shape index (κ2) is 9.21. The fraction of sp³-hybridized carbons (Fsp3) is 0.600. The Morgan fingerprint density at radius 3 is 2.68 bits per heavy atom. The Kier molecular flexibility index (Phi) is 6.99. The summed E-state index contributed by atoms with van der Waals surface area (Å²) in [6, 6.07) is 0. The lowest BCUT2D eigenvalue weighted by atomic mass is 10.1. The van der Waals surface area contributed by atoms with E-state index >= 15 is 0 Å². The second-order valence-corrected chi connectivity index (χ2v) is 6.71. The zero-order chi connectivity index (χ0) is 18.2. The monoisotopic (exact) mass is 366 g/mol. The van der Waals surface area contributed by atoms with Gasteiger partial charge in [-0.2, -0.15) is 0 Å². The highest BCUT2D eigenvalue weighted by Gasteiger charge is 2.21. The molecular formula is C15H22N6O3S. The van der Waals surface area contributed by atoms with Crippen molar-refractivity contribution in [2.75, 3.05) is 5.32 Å². The van der Waals surface area contributed by atoms with Crippen LogP contribution in [0, 0.1) is 10.1 Å². The van der Waals surface area contributed by atoms with Crippen molar-refractivity contribution in [2.24, 2.45) is 7.05 Å². The van der Waals surface area contributed by atoms with E-state index in [1.165, 1.54) is 30.0 Å². The third-order valence-corrected chi connectivity index (χ3v) is 4.61. The van der Waals surface area contributed by atoms with E-state index in [0.29, 0.717) is 22.4 Å². The van der Waals surface area contributed by atoms with Gasteiger partial charge in [0.1, 0.15) is 6.20 Å². The maximum Gasteiger partial charge on any atom is 0.342 e. The molecule has 2 rings (SSSR count). The first-order valence-corrected chi connectivity index (χ1v) is 9.14. The largest absolute Gasteiger partial charge is 0.358 e. The van der Waals surface area contributed by atoms with E-state index in [0.717, 1.165) is 30.6 Å². The molecule has 0 bridgehead atoms. The Balaban J connectivity index is 1.85. The van der Waals surface area contributed by atoms with Crippen LogP contribution in [0.15, 0.2) is 6.20 Å². The molecule has 0 fully saturated rings. The lowest BCUT2D eigenvalue weighted by molar-refractivity contribution is -0.391. The lowest BCUT2D eigenvalue weighted by Crippen LogP contribution is -2.10. The number of carbonyl (C=O) groups is 1. The van der Waals surface area contributed by atoms with Crippen molar-refractivity contribution in [3.8, 4) is 10.8 Å². The average Bonchev–Trinajstić information content (AvgIpc) is 3.17. The summed E-state index contributed by atoms with van der Waals surface area (Å²) in [5.74, 6) is 0.128. The number of unbranched alkanes of at least 4 members (excludes halogenated alkanes) is 5. The predicted octanol–water partition coefficient (Wildman–Crippen LogP) is 3.54. The van der Waals surface area contributed by atoms with Crippen LogP contribution in [0.2, 0.25) is 0 Å². The van der Waals surface area contributed by atoms with Crippen molar-refractivity contribution in [2.45, 2.75) is 51.9 Å². The molecule has 0 aliphatic heterocycles. The van der Waals surface area contributed by atoms with E-state index < -0.39 is 4.92 Å². The van der Waals surface area contributed by atoms with Crippen LogP contribution >= 0.6 is 11.3 Å². The minimum Gasteiger partial charge on any atom is -0.358 e. The molecule has 0 saturated heterocycles. The number of carbonyl (C=O) groups excluding carboxylic acids is 1. The average molecular weight is 366 g/mol. The van der Waals surface area contributed by atoms with Crippen molar-refractivity contribution in [1.82, 2.24) is 19.7 Å². The minimum absolute atomic E-state index is 0.0935. The Morgan fingerprint density at radius 1 is 1.28 bits per heavy atom. The van der Waals surface area contributed by atoms with E-state index in [1.54, 1.807) is 7.05 Å². The summed E-state index contributed by atoms with van der Waals surface area (Å²) >= 11 is 1.14. The van der Waals surface area contributed by atoms with Gasteiger partial charge in [-0.05, 0) is 11.3 Å². The summed E-state index contributed by atoms with van der Waals surface area (Å²) < 4.78 is 1.34. The first-order chi connectivity index (χ1) is 12.0. The number of imidazole rings is 1. The van der Waals surface area contributed by atoms with Gasteiger partial charge in [-0.15, -0.1) is 10.2 Å². The maximum absolute atomic E-state index is 11.9. The van der Waals surface area contributed by atoms with Gasteiger partial charge in [-0.3, -0.25) is 4.79 Å². The van der Waals surface area contributed by atoms with Crippen molar-refractivity contribution < 1.29 is 9.72 Å². The van der Waals surface area contributed by atoms with E-state index in [2.05, 4.69) is 27.4 Å². The molecule has 0 unspecified atom stereocenters. The first kappa shape index (κ1) is 19.0. The summed E-state index contributed by atoms with van der Waals surface area (Å²) in [5, 5.41) is 22.2. The van der Waals surface area contributed by atoms with Gasteiger partial charge >= 0.3 is 5.82 Å². The van der Waals surface area contributed by atoms with E-state index in [9.17, 15) is 14.9 Å². The van der Waals surface area contributed by atoms with Crippen LogP contribution in [0.5, 0.6) is 0 Å². The Hall–Kier alpha value is -2.36. The SMILES string of the molecule is CCCCCCCCC(=O)Nc1nnc(-c2ncc([N+](=O)[O-])n2C)s1. The number of nitrogens with zero attached hydrogens (tertiary/aromatic N) is 5. The number of rotatable bonds is 10. The lowest BCUT2D eigenvalue weighted by Gasteiger charge is -2.01. The molecule has 0 radical (unpaired) electrons. The fourth-order valence-electron chi connectivity index (χ4n) is 2.38. The van der Waals surface area contributed by atoms with Crippen LogP contribution in [0.3, 0.4) is 0 Å². The molecule has 2 aromatic heterocycles. The highest BCUT2D eigenvalue weighted by molar-refractivity contribution is 7.18. The Morgan fingerprint density at radius 2 is 2.00 bits per heavy atom. The summed E-state index contributed by atoms with van der Waals surface area (Å²) in [5.41, 5.74) is 0. The second-order valence-electron chi connectivity index (χ2n) is 5.73. The molecule has 1 amide bonds. The van der Waals surface area contributed by atoms with Crippen molar-refractivity contribution in [1.29, 1.82) is 0 Å². The van der Waals surface area contributed by atoms with Crippen LogP contribution in [-0.4, -0.2) is 30.6 Å². The van der Waals surface area contributed by atoms with Crippen LogP contribution in [-0.2, 0) is 11.8 Å². The molecule has 0 aliphatic rings. The van der Waals surface area contributed by atoms with Crippen LogP contribution < -0.4 is 5.32 Å². The van der Waals surface area contributed by atoms with Gasteiger partial charge in [0.05, 0.1) is 7.05 Å². The summed E-state index contributed by atoms with van der Waals surface area (Å²) in [7, 11) is 1.54. The quantitative estimate of drug-likeness (QED) is 0.390. The van der Waals surface area contributed by atoms with Gasteiger partial charge in [-0.25, -0.2) is 9.55 Å². The smallest absolute Gasteiger partial charge is 0.342 e. The molecule has 0 spiro atoms. The number of anilines is 1. The van der Waals surface area contributed by atoms with Crippen molar-refractivity contribution in [3.05, 3.63) is 16.3 Å². The molecule has 10 heteroatoms. The van der Waals surface area contributed by atoms with Crippen LogP contribution in [0.25, 0.3) is 10.8 Å². The van der Waals surface area contributed by atoms with Crippen molar-refractivity contribution in [3.63, 3.8) is 0 Å². The standard InChI is InChI=1S/C15H22N6O3S/c1-3-4-5-6-7-8-9-11(22)17-15-19-18-14(25-15)13-16-10-12(20(13)2)21(23)24/h10H,3-9H2,1-2H3,(H,17,19,22). The third-order valence-electron chi connectivity index (χ3n) is 3.77. The van der Waals surface area contributed by atoms with Crippen molar-refractivity contribution >= 4 is 28.2 Å². The first-order valence-electron chi connectivity index (χ1n) is 8.32. The summed E-state index contributed by atoms with van der Waals surface area (Å²) in [6.45, 7) is 2.17. The normalized spacial score (nSPS) is 10.8. The molecular weight excluding hydrogens is 344 g/mol. The molecule has 0 saturated carbocycles. The highest BCUT2D eigenvalue weighted by Crippen LogP contribution is 2.27. The maximum atomic E-state index is 11.9. The number of hydrogen-bond acceptors (Lipinski definition) is 7. The molecule has 1 N–H and O–H groups in total. The molecule has 0 aliphatic carbocycles.